The van der Waals surface area contributed by atoms with Gasteiger partial charge in [0.2, 0.25) is 5.78 Å². The first-order chi connectivity index (χ1) is 8.68. The number of furan rings is 1. The number of halogens is 1. The fraction of sp³-hybridized carbons (Fsp3) is 0.0714. The summed E-state index contributed by atoms with van der Waals surface area (Å²) < 4.78 is 5.23. The molecule has 3 aromatic rings. The summed E-state index contributed by atoms with van der Waals surface area (Å²) >= 11 is 6.07. The lowest BCUT2D eigenvalue weighted by Gasteiger charge is -1.98. The first kappa shape index (κ1) is 11.1. The van der Waals surface area contributed by atoms with E-state index in [1.165, 1.54) is 6.26 Å². The molecule has 0 atom stereocenters. The number of hydrogen-bond acceptors (Lipinski definition) is 2. The maximum absolute atomic E-state index is 12.4. The smallest absolute Gasteiger partial charge is 0.230 e. The van der Waals surface area contributed by atoms with Crippen molar-refractivity contribution in [1.82, 2.24) is 4.98 Å². The Hall–Kier alpha value is -2.00. The van der Waals surface area contributed by atoms with Crippen LogP contribution in [-0.4, -0.2) is 10.8 Å². The number of rotatable bonds is 2. The van der Waals surface area contributed by atoms with Crippen LogP contribution in [0.1, 0.15) is 21.7 Å². The van der Waals surface area contributed by atoms with Crippen LogP contribution in [0.5, 0.6) is 0 Å². The average molecular weight is 260 g/mol. The number of para-hydroxylation sites is 1. The molecule has 0 aliphatic rings. The van der Waals surface area contributed by atoms with Crippen molar-refractivity contribution < 1.29 is 9.21 Å². The average Bonchev–Trinajstić information content (AvgIpc) is 2.95. The molecule has 0 spiro atoms. The molecule has 0 unspecified atom stereocenters. The molecule has 2 heterocycles. The zero-order valence-electron chi connectivity index (χ0n) is 9.66. The van der Waals surface area contributed by atoms with Crippen LogP contribution in [0, 0.1) is 6.92 Å². The van der Waals surface area contributed by atoms with Gasteiger partial charge < -0.3 is 9.40 Å². The van der Waals surface area contributed by atoms with Gasteiger partial charge in [-0.1, -0.05) is 23.7 Å². The highest BCUT2D eigenvalue weighted by atomic mass is 35.5. The van der Waals surface area contributed by atoms with E-state index in [1.807, 2.05) is 19.1 Å². The van der Waals surface area contributed by atoms with Gasteiger partial charge in [0.1, 0.15) is 0 Å². The van der Waals surface area contributed by atoms with Gasteiger partial charge in [0, 0.05) is 11.6 Å². The molecule has 0 fully saturated rings. The molecule has 1 N–H and O–H groups in total. The van der Waals surface area contributed by atoms with Crippen molar-refractivity contribution in [3.63, 3.8) is 0 Å². The van der Waals surface area contributed by atoms with E-state index in [0.717, 1.165) is 16.5 Å². The lowest BCUT2D eigenvalue weighted by molar-refractivity contribution is 0.101. The molecular formula is C14H10ClNO2. The summed E-state index contributed by atoms with van der Waals surface area (Å²) in [5.41, 5.74) is 2.17. The van der Waals surface area contributed by atoms with E-state index in [0.29, 0.717) is 16.3 Å². The van der Waals surface area contributed by atoms with Crippen LogP contribution < -0.4 is 0 Å². The Morgan fingerprint density at radius 2 is 2.17 bits per heavy atom. The first-order valence-corrected chi connectivity index (χ1v) is 5.90. The molecule has 0 radical (unpaired) electrons. The second kappa shape index (κ2) is 4.03. The van der Waals surface area contributed by atoms with Gasteiger partial charge in [0.15, 0.2) is 5.76 Å². The Morgan fingerprint density at radius 3 is 2.89 bits per heavy atom. The van der Waals surface area contributed by atoms with Crippen LogP contribution in [0.2, 0.25) is 5.02 Å². The van der Waals surface area contributed by atoms with Gasteiger partial charge >= 0.3 is 0 Å². The van der Waals surface area contributed by atoms with Crippen molar-refractivity contribution in [2.75, 3.05) is 0 Å². The van der Waals surface area contributed by atoms with Crippen molar-refractivity contribution >= 4 is 28.3 Å². The number of hydrogen-bond donors (Lipinski definition) is 1. The van der Waals surface area contributed by atoms with E-state index >= 15 is 0 Å². The Bertz CT molecular complexity index is 739. The molecule has 90 valence electrons. The van der Waals surface area contributed by atoms with Crippen molar-refractivity contribution in [1.29, 1.82) is 0 Å². The van der Waals surface area contributed by atoms with Crippen LogP contribution in [-0.2, 0) is 0 Å². The monoisotopic (exact) mass is 259 g/mol. The third kappa shape index (κ3) is 1.56. The lowest BCUT2D eigenvalue weighted by Crippen LogP contribution is -2.00. The number of carbonyl (C=O) groups is 1. The normalized spacial score (nSPS) is 11.0. The Labute approximate surface area is 108 Å². The molecule has 4 heteroatoms. The maximum Gasteiger partial charge on any atom is 0.230 e. The molecule has 3 nitrogen and oxygen atoms in total. The van der Waals surface area contributed by atoms with E-state index in [9.17, 15) is 4.79 Å². The van der Waals surface area contributed by atoms with Crippen LogP contribution in [0.25, 0.3) is 10.9 Å². The molecule has 0 aliphatic heterocycles. The van der Waals surface area contributed by atoms with Crippen molar-refractivity contribution in [2.45, 2.75) is 6.92 Å². The van der Waals surface area contributed by atoms with Gasteiger partial charge in [-0.2, -0.15) is 0 Å². The van der Waals surface area contributed by atoms with Crippen LogP contribution in [0.3, 0.4) is 0 Å². The summed E-state index contributed by atoms with van der Waals surface area (Å²) in [6.45, 7) is 1.85. The van der Waals surface area contributed by atoms with E-state index in [4.69, 9.17) is 16.0 Å². The summed E-state index contributed by atoms with van der Waals surface area (Å²) in [4.78, 5) is 15.4. The Balaban J connectivity index is 2.19. The number of benzene rings is 1. The molecule has 0 amide bonds. The molecule has 0 aliphatic carbocycles. The number of H-pyrrole nitrogens is 1. The third-order valence-electron chi connectivity index (χ3n) is 2.98. The number of aromatic amines is 1. The molecule has 3 rings (SSSR count). The lowest BCUT2D eigenvalue weighted by atomic mass is 10.1. The fourth-order valence-corrected chi connectivity index (χ4v) is 2.26. The Kier molecular flexibility index (Phi) is 2.49. The third-order valence-corrected chi connectivity index (χ3v) is 3.29. The quantitative estimate of drug-likeness (QED) is 0.708. The highest BCUT2D eigenvalue weighted by molar-refractivity contribution is 6.35. The highest BCUT2D eigenvalue weighted by Crippen LogP contribution is 2.27. The second-order valence-electron chi connectivity index (χ2n) is 4.13. The van der Waals surface area contributed by atoms with Gasteiger partial charge in [-0.25, -0.2) is 0 Å². The maximum atomic E-state index is 12.4. The van der Waals surface area contributed by atoms with Crippen molar-refractivity contribution in [2.24, 2.45) is 0 Å². The van der Waals surface area contributed by atoms with Crippen molar-refractivity contribution in [3.8, 4) is 0 Å². The SMILES string of the molecule is Cc1ccoc1C(=O)c1c[nH]c2c(Cl)cccc12. The molecular weight excluding hydrogens is 250 g/mol. The zero-order valence-corrected chi connectivity index (χ0v) is 10.4. The first-order valence-electron chi connectivity index (χ1n) is 5.53. The zero-order chi connectivity index (χ0) is 12.7. The largest absolute Gasteiger partial charge is 0.461 e. The fourth-order valence-electron chi connectivity index (χ4n) is 2.03. The predicted molar refractivity (Wildman–Crippen MR) is 70.2 cm³/mol. The number of aromatic nitrogens is 1. The molecule has 0 saturated heterocycles. The van der Waals surface area contributed by atoms with Gasteiger partial charge in [0.25, 0.3) is 0 Å². The molecule has 1 aromatic carbocycles. The van der Waals surface area contributed by atoms with Gasteiger partial charge in [-0.3, -0.25) is 4.79 Å². The predicted octanol–water partition coefficient (Wildman–Crippen LogP) is 3.95. The van der Waals surface area contributed by atoms with Crippen LogP contribution >= 0.6 is 11.6 Å². The highest BCUT2D eigenvalue weighted by Gasteiger charge is 2.19. The number of fused-ring (bicyclic) bond motifs is 1. The summed E-state index contributed by atoms with van der Waals surface area (Å²) in [6, 6.07) is 7.25. The summed E-state index contributed by atoms with van der Waals surface area (Å²) in [5, 5.41) is 1.41. The second-order valence-corrected chi connectivity index (χ2v) is 4.53. The molecule has 0 saturated carbocycles. The number of ketones is 1. The van der Waals surface area contributed by atoms with Crippen LogP contribution in [0.4, 0.5) is 0 Å². The van der Waals surface area contributed by atoms with Gasteiger partial charge in [-0.05, 0) is 24.6 Å². The van der Waals surface area contributed by atoms with E-state index in [1.54, 1.807) is 18.3 Å². The van der Waals surface area contributed by atoms with E-state index in [-0.39, 0.29) is 5.78 Å². The summed E-state index contributed by atoms with van der Waals surface area (Å²) in [5.74, 6) is 0.238. The molecule has 18 heavy (non-hydrogen) atoms. The van der Waals surface area contributed by atoms with E-state index < -0.39 is 0 Å². The number of aryl methyl sites for hydroxylation is 1. The van der Waals surface area contributed by atoms with Crippen molar-refractivity contribution in [3.05, 3.63) is 58.6 Å². The summed E-state index contributed by atoms with van der Waals surface area (Å²) in [6.07, 6.45) is 3.19. The summed E-state index contributed by atoms with van der Waals surface area (Å²) in [7, 11) is 0. The number of carbonyl (C=O) groups excluding carboxylic acids is 1. The standard InChI is InChI=1S/C14H10ClNO2/c1-8-5-6-18-14(8)13(17)10-7-16-12-9(10)3-2-4-11(12)15/h2-7,16H,1H3. The molecule has 0 bridgehead atoms. The topological polar surface area (TPSA) is 46.0 Å². The Morgan fingerprint density at radius 1 is 1.33 bits per heavy atom. The van der Waals surface area contributed by atoms with Gasteiger partial charge in [-0.15, -0.1) is 0 Å². The molecule has 2 aromatic heterocycles. The van der Waals surface area contributed by atoms with Crippen LogP contribution in [0.15, 0.2) is 41.1 Å². The number of nitrogens with one attached hydrogen (secondary N) is 1. The minimum Gasteiger partial charge on any atom is -0.461 e. The van der Waals surface area contributed by atoms with Gasteiger partial charge in [0.05, 0.1) is 22.4 Å². The van der Waals surface area contributed by atoms with E-state index in [2.05, 4.69) is 4.98 Å². The minimum absolute atomic E-state index is 0.133. The minimum atomic E-state index is -0.133.